The van der Waals surface area contributed by atoms with Gasteiger partial charge in [0.2, 0.25) is 0 Å². The van der Waals surface area contributed by atoms with E-state index in [0.29, 0.717) is 19.1 Å². The molecule has 1 aromatic heterocycles. The van der Waals surface area contributed by atoms with Crippen LogP contribution in [0.1, 0.15) is 32.6 Å². The Morgan fingerprint density at radius 1 is 1.33 bits per heavy atom. The normalized spacial score (nSPS) is 32.0. The molecule has 0 bridgehead atoms. The molecule has 0 radical (unpaired) electrons. The first kappa shape index (κ1) is 21.1. The van der Waals surface area contributed by atoms with E-state index in [9.17, 15) is 0 Å². The minimum absolute atomic E-state index is 0. The van der Waals surface area contributed by atoms with Gasteiger partial charge in [0.25, 0.3) is 0 Å². The second-order valence-electron chi connectivity index (χ2n) is 7.63. The van der Waals surface area contributed by atoms with Crippen LogP contribution in [0, 0.1) is 5.92 Å². The Labute approximate surface area is 182 Å². The molecule has 9 heteroatoms. The summed E-state index contributed by atoms with van der Waals surface area (Å²) in [5, 5.41) is 3.10. The highest BCUT2D eigenvalue weighted by Crippen LogP contribution is 2.39. The third kappa shape index (κ3) is 5.04. The van der Waals surface area contributed by atoms with Gasteiger partial charge in [-0.15, -0.1) is 35.3 Å². The number of anilines is 1. The number of aliphatic imine (C=N–C) groups is 1. The first-order valence-corrected chi connectivity index (χ1v) is 10.5. The summed E-state index contributed by atoms with van der Waals surface area (Å²) in [4.78, 5) is 13.4. The quantitative estimate of drug-likeness (QED) is 0.385. The van der Waals surface area contributed by atoms with E-state index in [4.69, 9.17) is 15.2 Å². The molecule has 2 saturated heterocycles. The molecule has 3 aliphatic rings. The van der Waals surface area contributed by atoms with Crippen LogP contribution in [0.2, 0.25) is 0 Å². The molecule has 1 saturated carbocycles. The number of piperazine rings is 1. The molecule has 1 aromatic rings. The zero-order valence-electron chi connectivity index (χ0n) is 15.9. The van der Waals surface area contributed by atoms with E-state index in [-0.39, 0.29) is 35.9 Å². The van der Waals surface area contributed by atoms with E-state index in [1.807, 2.05) is 11.6 Å². The summed E-state index contributed by atoms with van der Waals surface area (Å²) in [5.74, 6) is 1.05. The van der Waals surface area contributed by atoms with Gasteiger partial charge < -0.3 is 25.0 Å². The Morgan fingerprint density at radius 2 is 2.07 bits per heavy atom. The van der Waals surface area contributed by atoms with E-state index >= 15 is 0 Å². The molecular formula is C18H30IN5O2S. The average Bonchev–Trinajstić information content (AvgIpc) is 3.33. The number of aromatic nitrogens is 1. The van der Waals surface area contributed by atoms with Crippen molar-refractivity contribution in [3.63, 3.8) is 0 Å². The van der Waals surface area contributed by atoms with Crippen molar-refractivity contribution in [3.05, 3.63) is 11.6 Å². The van der Waals surface area contributed by atoms with Gasteiger partial charge in [-0.1, -0.05) is 6.92 Å². The Morgan fingerprint density at radius 3 is 2.74 bits per heavy atom. The van der Waals surface area contributed by atoms with Gasteiger partial charge >= 0.3 is 0 Å². The molecule has 1 atom stereocenters. The van der Waals surface area contributed by atoms with Crippen molar-refractivity contribution in [2.24, 2.45) is 16.6 Å². The average molecular weight is 507 g/mol. The lowest BCUT2D eigenvalue weighted by atomic mass is 9.86. The molecule has 2 N–H and O–H groups in total. The summed E-state index contributed by atoms with van der Waals surface area (Å²) in [7, 11) is 0. The van der Waals surface area contributed by atoms with Crippen LogP contribution in [0.3, 0.4) is 0 Å². The largest absolute Gasteiger partial charge is 0.370 e. The maximum absolute atomic E-state index is 6.23. The van der Waals surface area contributed by atoms with Crippen molar-refractivity contribution in [1.29, 1.82) is 0 Å². The maximum Gasteiger partial charge on any atom is 0.191 e. The van der Waals surface area contributed by atoms with E-state index in [0.717, 1.165) is 50.1 Å². The molecule has 1 unspecified atom stereocenters. The zero-order chi connectivity index (χ0) is 18.0. The van der Waals surface area contributed by atoms with E-state index in [1.54, 1.807) is 11.3 Å². The Hall–Kier alpha value is -0.650. The molecule has 152 valence electrons. The molecule has 3 heterocycles. The number of halogens is 1. The molecule has 7 nitrogen and oxygen atoms in total. The highest BCUT2D eigenvalue weighted by molar-refractivity contribution is 14.0. The fourth-order valence-corrected chi connectivity index (χ4v) is 4.66. The highest BCUT2D eigenvalue weighted by atomic mass is 127. The lowest BCUT2D eigenvalue weighted by Crippen LogP contribution is -2.51. The van der Waals surface area contributed by atoms with E-state index in [2.05, 4.69) is 26.7 Å². The van der Waals surface area contributed by atoms with Gasteiger partial charge in [-0.25, -0.2) is 4.98 Å². The number of rotatable bonds is 3. The third-order valence-corrected chi connectivity index (χ3v) is 6.53. The molecule has 1 spiro atoms. The lowest BCUT2D eigenvalue weighted by molar-refractivity contribution is -0.190. The van der Waals surface area contributed by atoms with E-state index < -0.39 is 0 Å². The fourth-order valence-electron chi connectivity index (χ4n) is 3.97. The Balaban J connectivity index is 0.00000210. The van der Waals surface area contributed by atoms with Gasteiger partial charge in [-0.3, -0.25) is 4.99 Å². The highest BCUT2D eigenvalue weighted by Gasteiger charge is 2.43. The minimum atomic E-state index is -0.346. The predicted octanol–water partition coefficient (Wildman–Crippen LogP) is 2.52. The predicted molar refractivity (Wildman–Crippen MR) is 119 cm³/mol. The molecule has 2 aliphatic heterocycles. The van der Waals surface area contributed by atoms with Crippen molar-refractivity contribution in [2.75, 3.05) is 44.2 Å². The molecule has 0 amide bonds. The van der Waals surface area contributed by atoms with Gasteiger partial charge in [0.15, 0.2) is 16.9 Å². The smallest absolute Gasteiger partial charge is 0.191 e. The summed E-state index contributed by atoms with van der Waals surface area (Å²) < 4.78 is 12.2. The van der Waals surface area contributed by atoms with Crippen molar-refractivity contribution >= 4 is 46.4 Å². The molecular weight excluding hydrogens is 477 g/mol. The summed E-state index contributed by atoms with van der Waals surface area (Å²) >= 11 is 1.68. The fraction of sp³-hybridized carbons (Fsp3) is 0.778. The number of ether oxygens (including phenoxy) is 2. The third-order valence-electron chi connectivity index (χ3n) is 5.70. The van der Waals surface area contributed by atoms with Crippen LogP contribution in [-0.4, -0.2) is 67.1 Å². The maximum atomic E-state index is 6.23. The summed E-state index contributed by atoms with van der Waals surface area (Å²) in [6, 6.07) is 0. The van der Waals surface area contributed by atoms with Crippen LogP contribution in [0.4, 0.5) is 5.13 Å². The summed E-state index contributed by atoms with van der Waals surface area (Å²) in [6.07, 6.45) is 6.25. The molecule has 27 heavy (non-hydrogen) atoms. The first-order chi connectivity index (χ1) is 12.6. The summed E-state index contributed by atoms with van der Waals surface area (Å²) in [6.45, 7) is 7.11. The van der Waals surface area contributed by atoms with Crippen LogP contribution < -0.4 is 10.6 Å². The van der Waals surface area contributed by atoms with Crippen LogP contribution in [0.25, 0.3) is 0 Å². The topological polar surface area (TPSA) is 76.2 Å². The number of hydrogen-bond donors (Lipinski definition) is 1. The molecule has 1 aliphatic carbocycles. The number of thiazole rings is 1. The van der Waals surface area contributed by atoms with Crippen molar-refractivity contribution in [2.45, 2.75) is 44.5 Å². The van der Waals surface area contributed by atoms with Gasteiger partial charge in [-0.05, 0) is 18.8 Å². The van der Waals surface area contributed by atoms with E-state index in [1.165, 1.54) is 12.8 Å². The zero-order valence-corrected chi connectivity index (χ0v) is 19.0. The van der Waals surface area contributed by atoms with Gasteiger partial charge in [0.05, 0.1) is 13.2 Å². The van der Waals surface area contributed by atoms with Crippen LogP contribution in [0.5, 0.6) is 0 Å². The van der Waals surface area contributed by atoms with Gasteiger partial charge in [-0.2, -0.15) is 0 Å². The van der Waals surface area contributed by atoms with Gasteiger partial charge in [0.1, 0.15) is 6.10 Å². The number of guanidine groups is 1. The van der Waals surface area contributed by atoms with Crippen molar-refractivity contribution in [3.8, 4) is 0 Å². The number of hydrogen-bond acceptors (Lipinski definition) is 6. The van der Waals surface area contributed by atoms with Crippen LogP contribution in [0.15, 0.2) is 16.6 Å². The minimum Gasteiger partial charge on any atom is -0.370 e. The second kappa shape index (κ2) is 9.23. The molecule has 4 rings (SSSR count). The standard InChI is InChI=1S/C18H29N5O2S.HI/c1-14-2-4-18(5-3-14)24-13-15(25-18)12-21-16(19)22-7-9-23(10-8-22)17-20-6-11-26-17;/h6,11,14-15H,2-5,7-10,12-13H2,1H3,(H2,19,21);1H. The summed E-state index contributed by atoms with van der Waals surface area (Å²) in [5.41, 5.74) is 6.23. The monoisotopic (exact) mass is 507 g/mol. The van der Waals surface area contributed by atoms with Crippen LogP contribution >= 0.6 is 35.3 Å². The Kier molecular flexibility index (Phi) is 7.20. The lowest BCUT2D eigenvalue weighted by Gasteiger charge is -2.35. The molecule has 0 aromatic carbocycles. The van der Waals surface area contributed by atoms with Crippen LogP contribution in [-0.2, 0) is 9.47 Å². The second-order valence-corrected chi connectivity index (χ2v) is 8.50. The first-order valence-electron chi connectivity index (χ1n) is 9.65. The van der Waals surface area contributed by atoms with Crippen molar-refractivity contribution in [1.82, 2.24) is 9.88 Å². The Bertz CT molecular complexity index is 613. The molecule has 3 fully saturated rings. The van der Waals surface area contributed by atoms with Crippen molar-refractivity contribution < 1.29 is 9.47 Å². The SMILES string of the molecule is CC1CCC2(CC1)OCC(CN=C(N)N1CCN(c3nccs3)CC1)O2.I. The number of nitrogens with zero attached hydrogens (tertiary/aromatic N) is 4. The number of nitrogens with two attached hydrogens (primary N) is 1. The van der Waals surface area contributed by atoms with Gasteiger partial charge in [0, 0.05) is 50.6 Å².